The van der Waals surface area contributed by atoms with Crippen LogP contribution < -0.4 is 11.1 Å². The molecule has 0 aliphatic carbocycles. The molecule has 0 spiro atoms. The van der Waals surface area contributed by atoms with E-state index in [1.807, 2.05) is 6.92 Å². The fourth-order valence-corrected chi connectivity index (χ4v) is 1.43. The van der Waals surface area contributed by atoms with Crippen LogP contribution in [-0.4, -0.2) is 18.0 Å². The van der Waals surface area contributed by atoms with Gasteiger partial charge in [0.1, 0.15) is 0 Å². The largest absolute Gasteiger partial charge is 0.354 e. The molecule has 2 unspecified atom stereocenters. The number of amides is 1. The maximum absolute atomic E-state index is 11.5. The Bertz CT molecular complexity index is 206. The lowest BCUT2D eigenvalue weighted by atomic mass is 9.89. The van der Waals surface area contributed by atoms with Gasteiger partial charge in [0.2, 0.25) is 5.91 Å². The Balaban J connectivity index is 3.70. The Morgan fingerprint density at radius 3 is 2.25 bits per heavy atom. The van der Waals surface area contributed by atoms with E-state index >= 15 is 0 Å². The molecule has 0 aliphatic rings. The molecule has 0 rings (SSSR count). The highest BCUT2D eigenvalue weighted by Gasteiger charge is 2.14. The van der Waals surface area contributed by atoms with Gasteiger partial charge in [-0.25, -0.2) is 0 Å². The third kappa shape index (κ3) is 9.97. The standard InChI is InChI=1S/C13H28N2O/c1-10(14)6-7-12(16)15-11(2)8-9-13(3,4)5/h10-11H,6-9,14H2,1-5H3,(H,15,16). The van der Waals surface area contributed by atoms with Gasteiger partial charge in [-0.15, -0.1) is 0 Å². The molecule has 0 aliphatic heterocycles. The summed E-state index contributed by atoms with van der Waals surface area (Å²) in [6.07, 6.45) is 3.46. The molecule has 0 heterocycles. The number of rotatable bonds is 6. The fraction of sp³-hybridized carbons (Fsp3) is 0.923. The number of carbonyl (C=O) groups is 1. The minimum atomic E-state index is 0.107. The summed E-state index contributed by atoms with van der Waals surface area (Å²) < 4.78 is 0. The Morgan fingerprint density at radius 2 is 1.81 bits per heavy atom. The minimum Gasteiger partial charge on any atom is -0.354 e. The van der Waals surface area contributed by atoms with Crippen LogP contribution in [0.3, 0.4) is 0 Å². The van der Waals surface area contributed by atoms with Gasteiger partial charge in [0.05, 0.1) is 0 Å². The van der Waals surface area contributed by atoms with Crippen LogP contribution in [0.4, 0.5) is 0 Å². The van der Waals surface area contributed by atoms with Crippen molar-refractivity contribution in [2.24, 2.45) is 11.1 Å². The summed E-state index contributed by atoms with van der Waals surface area (Å²) in [6.45, 7) is 10.7. The minimum absolute atomic E-state index is 0.107. The van der Waals surface area contributed by atoms with Gasteiger partial charge < -0.3 is 11.1 Å². The molecule has 0 aromatic rings. The molecule has 0 radical (unpaired) electrons. The van der Waals surface area contributed by atoms with E-state index < -0.39 is 0 Å². The van der Waals surface area contributed by atoms with E-state index in [2.05, 4.69) is 33.0 Å². The maximum Gasteiger partial charge on any atom is 0.220 e. The molecule has 0 fully saturated rings. The normalized spacial score (nSPS) is 15.6. The maximum atomic E-state index is 11.5. The number of nitrogens with one attached hydrogen (secondary N) is 1. The monoisotopic (exact) mass is 228 g/mol. The molecule has 0 saturated heterocycles. The number of nitrogens with two attached hydrogens (primary N) is 1. The summed E-state index contributed by atoms with van der Waals surface area (Å²) in [4.78, 5) is 11.5. The molecule has 1 amide bonds. The number of carbonyl (C=O) groups excluding carboxylic acids is 1. The van der Waals surface area contributed by atoms with Gasteiger partial charge in [0.25, 0.3) is 0 Å². The average molecular weight is 228 g/mol. The number of hydrogen-bond acceptors (Lipinski definition) is 2. The van der Waals surface area contributed by atoms with E-state index in [9.17, 15) is 4.79 Å². The van der Waals surface area contributed by atoms with E-state index in [0.29, 0.717) is 11.8 Å². The topological polar surface area (TPSA) is 55.1 Å². The van der Waals surface area contributed by atoms with Gasteiger partial charge in [0, 0.05) is 18.5 Å². The Morgan fingerprint density at radius 1 is 1.25 bits per heavy atom. The van der Waals surface area contributed by atoms with Crippen molar-refractivity contribution in [3.05, 3.63) is 0 Å². The van der Waals surface area contributed by atoms with Gasteiger partial charge in [-0.05, 0) is 38.5 Å². The molecule has 16 heavy (non-hydrogen) atoms. The highest BCUT2D eigenvalue weighted by molar-refractivity contribution is 5.76. The lowest BCUT2D eigenvalue weighted by Gasteiger charge is -2.21. The molecule has 96 valence electrons. The van der Waals surface area contributed by atoms with Crippen LogP contribution in [0.1, 0.15) is 60.3 Å². The molecule has 0 bridgehead atoms. The molecule has 3 nitrogen and oxygen atoms in total. The summed E-state index contributed by atoms with van der Waals surface area (Å²) in [7, 11) is 0. The second-order valence-corrected chi connectivity index (χ2v) is 6.08. The zero-order valence-corrected chi connectivity index (χ0v) is 11.5. The second-order valence-electron chi connectivity index (χ2n) is 6.08. The van der Waals surface area contributed by atoms with E-state index in [0.717, 1.165) is 19.3 Å². The van der Waals surface area contributed by atoms with E-state index in [-0.39, 0.29) is 18.0 Å². The third-order valence-electron chi connectivity index (χ3n) is 2.56. The quantitative estimate of drug-likeness (QED) is 0.733. The SMILES string of the molecule is CC(N)CCC(=O)NC(C)CCC(C)(C)C. The molecule has 0 aromatic heterocycles. The first-order chi connectivity index (χ1) is 7.20. The van der Waals surface area contributed by atoms with Crippen LogP contribution >= 0.6 is 0 Å². The van der Waals surface area contributed by atoms with Gasteiger partial charge in [0.15, 0.2) is 0 Å². The van der Waals surface area contributed by atoms with Crippen LogP contribution in [0, 0.1) is 5.41 Å². The first-order valence-electron chi connectivity index (χ1n) is 6.25. The van der Waals surface area contributed by atoms with Crippen LogP contribution in [0.5, 0.6) is 0 Å². The predicted molar refractivity (Wildman–Crippen MR) is 69.2 cm³/mol. The van der Waals surface area contributed by atoms with Gasteiger partial charge in [-0.1, -0.05) is 20.8 Å². The van der Waals surface area contributed by atoms with Crippen molar-refractivity contribution >= 4 is 5.91 Å². The molecular formula is C13H28N2O. The zero-order chi connectivity index (χ0) is 12.8. The van der Waals surface area contributed by atoms with Gasteiger partial charge in [-0.3, -0.25) is 4.79 Å². The van der Waals surface area contributed by atoms with Crippen molar-refractivity contribution in [2.75, 3.05) is 0 Å². The van der Waals surface area contributed by atoms with Crippen LogP contribution in [0.25, 0.3) is 0 Å². The highest BCUT2D eigenvalue weighted by Crippen LogP contribution is 2.21. The molecule has 2 atom stereocenters. The first-order valence-corrected chi connectivity index (χ1v) is 6.25. The zero-order valence-electron chi connectivity index (χ0n) is 11.5. The summed E-state index contributed by atoms with van der Waals surface area (Å²) in [6, 6.07) is 0.371. The second kappa shape index (κ2) is 6.89. The van der Waals surface area contributed by atoms with Crippen molar-refractivity contribution < 1.29 is 4.79 Å². The molecule has 0 aromatic carbocycles. The third-order valence-corrected chi connectivity index (χ3v) is 2.56. The average Bonchev–Trinajstić information content (AvgIpc) is 2.10. The Kier molecular flexibility index (Phi) is 6.65. The summed E-state index contributed by atoms with van der Waals surface area (Å²) >= 11 is 0. The molecule has 3 heteroatoms. The summed E-state index contributed by atoms with van der Waals surface area (Å²) in [5.74, 6) is 0.124. The highest BCUT2D eigenvalue weighted by atomic mass is 16.1. The van der Waals surface area contributed by atoms with E-state index in [4.69, 9.17) is 5.73 Å². The predicted octanol–water partition coefficient (Wildman–Crippen LogP) is 2.44. The van der Waals surface area contributed by atoms with Gasteiger partial charge >= 0.3 is 0 Å². The van der Waals surface area contributed by atoms with Gasteiger partial charge in [-0.2, -0.15) is 0 Å². The van der Waals surface area contributed by atoms with E-state index in [1.54, 1.807) is 0 Å². The molecule has 0 saturated carbocycles. The van der Waals surface area contributed by atoms with Crippen molar-refractivity contribution in [3.8, 4) is 0 Å². The van der Waals surface area contributed by atoms with E-state index in [1.165, 1.54) is 0 Å². The molecular weight excluding hydrogens is 200 g/mol. The smallest absolute Gasteiger partial charge is 0.220 e. The van der Waals surface area contributed by atoms with Crippen molar-refractivity contribution in [1.29, 1.82) is 0 Å². The summed E-state index contributed by atoms with van der Waals surface area (Å²) in [5.41, 5.74) is 5.95. The van der Waals surface area contributed by atoms with Crippen LogP contribution in [-0.2, 0) is 4.79 Å². The van der Waals surface area contributed by atoms with Crippen molar-refractivity contribution in [3.63, 3.8) is 0 Å². The molecule has 3 N–H and O–H groups in total. The first kappa shape index (κ1) is 15.4. The summed E-state index contributed by atoms with van der Waals surface area (Å²) in [5, 5.41) is 3.01. The fourth-order valence-electron chi connectivity index (χ4n) is 1.43. The lowest BCUT2D eigenvalue weighted by molar-refractivity contribution is -0.121. The van der Waals surface area contributed by atoms with Crippen LogP contribution in [0.2, 0.25) is 0 Å². The van der Waals surface area contributed by atoms with Crippen LogP contribution in [0.15, 0.2) is 0 Å². The Labute approximate surface area is 100 Å². The van der Waals surface area contributed by atoms with Crippen molar-refractivity contribution in [2.45, 2.75) is 72.4 Å². The van der Waals surface area contributed by atoms with Crippen molar-refractivity contribution in [1.82, 2.24) is 5.32 Å². The Hall–Kier alpha value is -0.570. The lowest BCUT2D eigenvalue weighted by Crippen LogP contribution is -2.34. The number of hydrogen-bond donors (Lipinski definition) is 2.